The molecule has 100 valence electrons. The van der Waals surface area contributed by atoms with E-state index in [2.05, 4.69) is 9.97 Å². The number of pyridine rings is 2. The fourth-order valence-corrected chi connectivity index (χ4v) is 2.29. The van der Waals surface area contributed by atoms with Crippen LogP contribution in [0.5, 0.6) is 5.75 Å². The van der Waals surface area contributed by atoms with Gasteiger partial charge >= 0.3 is 0 Å². The van der Waals surface area contributed by atoms with Crippen LogP contribution in [0.15, 0.2) is 48.8 Å². The van der Waals surface area contributed by atoms with Gasteiger partial charge in [0.1, 0.15) is 12.4 Å². The summed E-state index contributed by atoms with van der Waals surface area (Å²) < 4.78 is 5.76. The lowest BCUT2D eigenvalue weighted by Crippen LogP contribution is -2.00. The summed E-state index contributed by atoms with van der Waals surface area (Å²) in [6, 6.07) is 11.3. The van der Waals surface area contributed by atoms with Crippen molar-refractivity contribution in [3.8, 4) is 5.75 Å². The SMILES string of the molecule is Cc1nccc2ccnc(COc3ccc(Cl)cc3)c12. The van der Waals surface area contributed by atoms with Gasteiger partial charge in [0.05, 0.1) is 5.69 Å². The molecular formula is C16H13ClN2O. The van der Waals surface area contributed by atoms with E-state index in [0.717, 1.165) is 27.9 Å². The van der Waals surface area contributed by atoms with Gasteiger partial charge in [-0.1, -0.05) is 11.6 Å². The maximum atomic E-state index is 5.85. The third-order valence-corrected chi connectivity index (χ3v) is 3.39. The first-order valence-corrected chi connectivity index (χ1v) is 6.69. The van der Waals surface area contributed by atoms with Crippen LogP contribution in [0.1, 0.15) is 11.4 Å². The first-order chi connectivity index (χ1) is 9.74. The highest BCUT2D eigenvalue weighted by atomic mass is 35.5. The van der Waals surface area contributed by atoms with Crippen LogP contribution in [0.2, 0.25) is 5.02 Å². The fourth-order valence-electron chi connectivity index (χ4n) is 2.16. The van der Waals surface area contributed by atoms with E-state index in [4.69, 9.17) is 16.3 Å². The molecule has 20 heavy (non-hydrogen) atoms. The standard InChI is InChI=1S/C16H13ClN2O/c1-11-16-12(6-8-18-11)7-9-19-15(16)10-20-14-4-2-13(17)3-5-14/h2-9H,10H2,1H3. The second-order valence-corrected chi connectivity index (χ2v) is 4.93. The molecule has 2 heterocycles. The molecule has 0 unspecified atom stereocenters. The van der Waals surface area contributed by atoms with Crippen molar-refractivity contribution in [1.29, 1.82) is 0 Å². The van der Waals surface area contributed by atoms with Crippen LogP contribution in [-0.2, 0) is 6.61 Å². The molecule has 3 aromatic rings. The summed E-state index contributed by atoms with van der Waals surface area (Å²) in [7, 11) is 0. The highest BCUT2D eigenvalue weighted by molar-refractivity contribution is 6.30. The van der Waals surface area contributed by atoms with Gasteiger partial charge < -0.3 is 4.74 Å². The first kappa shape index (κ1) is 12.9. The van der Waals surface area contributed by atoms with Crippen LogP contribution < -0.4 is 4.74 Å². The Labute approximate surface area is 122 Å². The average Bonchev–Trinajstić information content (AvgIpc) is 2.47. The summed E-state index contributed by atoms with van der Waals surface area (Å²) in [5.74, 6) is 0.773. The fraction of sp³-hybridized carbons (Fsp3) is 0.125. The van der Waals surface area contributed by atoms with Crippen molar-refractivity contribution in [3.63, 3.8) is 0 Å². The number of fused-ring (bicyclic) bond motifs is 1. The van der Waals surface area contributed by atoms with Crippen molar-refractivity contribution in [1.82, 2.24) is 9.97 Å². The number of hydrogen-bond donors (Lipinski definition) is 0. The normalized spacial score (nSPS) is 10.7. The Kier molecular flexibility index (Phi) is 3.52. The van der Waals surface area contributed by atoms with E-state index in [9.17, 15) is 0 Å². The Hall–Kier alpha value is -2.13. The molecule has 0 saturated carbocycles. The summed E-state index contributed by atoms with van der Waals surface area (Å²) in [6.45, 7) is 2.39. The van der Waals surface area contributed by atoms with Crippen molar-refractivity contribution in [3.05, 3.63) is 65.2 Å². The minimum atomic E-state index is 0.408. The molecule has 0 amide bonds. The van der Waals surface area contributed by atoms with Gasteiger partial charge in [0.15, 0.2) is 0 Å². The van der Waals surface area contributed by atoms with Gasteiger partial charge in [-0.2, -0.15) is 0 Å². The van der Waals surface area contributed by atoms with Gasteiger partial charge in [-0.05, 0) is 48.7 Å². The Bertz CT molecular complexity index is 736. The second-order valence-electron chi connectivity index (χ2n) is 4.49. The van der Waals surface area contributed by atoms with Crippen LogP contribution in [0.25, 0.3) is 10.8 Å². The van der Waals surface area contributed by atoms with E-state index in [1.807, 2.05) is 37.4 Å². The van der Waals surface area contributed by atoms with Crippen molar-refractivity contribution in [2.75, 3.05) is 0 Å². The topological polar surface area (TPSA) is 35.0 Å². The highest BCUT2D eigenvalue weighted by Gasteiger charge is 2.06. The van der Waals surface area contributed by atoms with Gasteiger partial charge in [0.2, 0.25) is 0 Å². The molecule has 3 rings (SSSR count). The number of ether oxygens (including phenoxy) is 1. The number of benzene rings is 1. The molecule has 0 spiro atoms. The summed E-state index contributed by atoms with van der Waals surface area (Å²) >= 11 is 5.85. The number of hydrogen-bond acceptors (Lipinski definition) is 3. The smallest absolute Gasteiger partial charge is 0.131 e. The predicted molar refractivity (Wildman–Crippen MR) is 80.1 cm³/mol. The van der Waals surface area contributed by atoms with Crippen LogP contribution in [0.4, 0.5) is 0 Å². The molecule has 4 heteroatoms. The molecule has 1 aromatic carbocycles. The van der Waals surface area contributed by atoms with Crippen LogP contribution in [0.3, 0.4) is 0 Å². The molecule has 3 nitrogen and oxygen atoms in total. The summed E-state index contributed by atoms with van der Waals surface area (Å²) in [4.78, 5) is 8.73. The number of aryl methyl sites for hydroxylation is 1. The largest absolute Gasteiger partial charge is 0.487 e. The molecule has 0 aliphatic rings. The summed E-state index contributed by atoms with van der Waals surface area (Å²) in [5, 5.41) is 2.88. The number of nitrogens with zero attached hydrogens (tertiary/aromatic N) is 2. The molecule has 0 fully saturated rings. The number of aromatic nitrogens is 2. The predicted octanol–water partition coefficient (Wildman–Crippen LogP) is 4.17. The average molecular weight is 285 g/mol. The lowest BCUT2D eigenvalue weighted by Gasteiger charge is -2.09. The van der Waals surface area contributed by atoms with E-state index >= 15 is 0 Å². The molecule has 0 saturated heterocycles. The van der Waals surface area contributed by atoms with E-state index in [1.54, 1.807) is 18.3 Å². The maximum Gasteiger partial charge on any atom is 0.131 e. The Morgan fingerprint density at radius 3 is 2.45 bits per heavy atom. The zero-order valence-corrected chi connectivity index (χ0v) is 11.8. The molecule has 0 N–H and O–H groups in total. The number of rotatable bonds is 3. The van der Waals surface area contributed by atoms with Crippen molar-refractivity contribution in [2.45, 2.75) is 13.5 Å². The van der Waals surface area contributed by atoms with E-state index in [0.29, 0.717) is 11.6 Å². The molecule has 2 aromatic heterocycles. The van der Waals surface area contributed by atoms with Crippen molar-refractivity contribution >= 4 is 22.4 Å². The highest BCUT2D eigenvalue weighted by Crippen LogP contribution is 2.21. The zero-order chi connectivity index (χ0) is 13.9. The van der Waals surface area contributed by atoms with E-state index in [1.165, 1.54) is 0 Å². The van der Waals surface area contributed by atoms with E-state index < -0.39 is 0 Å². The van der Waals surface area contributed by atoms with Crippen LogP contribution >= 0.6 is 11.6 Å². The third kappa shape index (κ3) is 2.58. The van der Waals surface area contributed by atoms with Gasteiger partial charge in [-0.15, -0.1) is 0 Å². The number of halogens is 1. The van der Waals surface area contributed by atoms with Gasteiger partial charge in [0, 0.05) is 28.5 Å². The van der Waals surface area contributed by atoms with Crippen LogP contribution in [0, 0.1) is 6.92 Å². The molecule has 0 atom stereocenters. The summed E-state index contributed by atoms with van der Waals surface area (Å²) in [6.07, 6.45) is 3.60. The monoisotopic (exact) mass is 284 g/mol. The van der Waals surface area contributed by atoms with Gasteiger partial charge in [-0.25, -0.2) is 0 Å². The lowest BCUT2D eigenvalue weighted by atomic mass is 10.1. The van der Waals surface area contributed by atoms with Gasteiger partial charge in [0.25, 0.3) is 0 Å². The Morgan fingerprint density at radius 2 is 1.70 bits per heavy atom. The Balaban J connectivity index is 1.89. The molecule has 0 bridgehead atoms. The zero-order valence-electron chi connectivity index (χ0n) is 11.0. The second kappa shape index (κ2) is 5.47. The maximum absolute atomic E-state index is 5.85. The van der Waals surface area contributed by atoms with Crippen molar-refractivity contribution in [2.24, 2.45) is 0 Å². The Morgan fingerprint density at radius 1 is 1.00 bits per heavy atom. The summed E-state index contributed by atoms with van der Waals surface area (Å²) in [5.41, 5.74) is 1.85. The minimum Gasteiger partial charge on any atom is -0.487 e. The molecule has 0 radical (unpaired) electrons. The van der Waals surface area contributed by atoms with Crippen LogP contribution in [-0.4, -0.2) is 9.97 Å². The molecule has 0 aliphatic carbocycles. The van der Waals surface area contributed by atoms with E-state index in [-0.39, 0.29) is 0 Å². The third-order valence-electron chi connectivity index (χ3n) is 3.13. The lowest BCUT2D eigenvalue weighted by molar-refractivity contribution is 0.303. The molecular weight excluding hydrogens is 272 g/mol. The molecule has 0 aliphatic heterocycles. The first-order valence-electron chi connectivity index (χ1n) is 6.31. The minimum absolute atomic E-state index is 0.408. The van der Waals surface area contributed by atoms with Crippen molar-refractivity contribution < 1.29 is 4.74 Å². The van der Waals surface area contributed by atoms with Gasteiger partial charge in [-0.3, -0.25) is 9.97 Å². The quantitative estimate of drug-likeness (QED) is 0.724.